The van der Waals surface area contributed by atoms with E-state index in [-0.39, 0.29) is 5.69 Å². The van der Waals surface area contributed by atoms with Crippen molar-refractivity contribution in [2.75, 3.05) is 0 Å². The number of halogens is 1. The van der Waals surface area contributed by atoms with E-state index in [0.29, 0.717) is 30.0 Å². The van der Waals surface area contributed by atoms with Crippen molar-refractivity contribution in [1.82, 2.24) is 34.7 Å². The summed E-state index contributed by atoms with van der Waals surface area (Å²) in [5.74, 6) is 0.999. The fourth-order valence-electron chi connectivity index (χ4n) is 3.90. The number of rotatable bonds is 9. The van der Waals surface area contributed by atoms with Crippen molar-refractivity contribution in [1.29, 1.82) is 0 Å². The number of hydrogen-bond acceptors (Lipinski definition) is 5. The second kappa shape index (κ2) is 10.1. The van der Waals surface area contributed by atoms with Gasteiger partial charge in [0.1, 0.15) is 5.15 Å². The molecule has 8 nitrogen and oxygen atoms in total. The van der Waals surface area contributed by atoms with Crippen molar-refractivity contribution in [3.8, 4) is 22.5 Å². The molecule has 0 bridgehead atoms. The van der Waals surface area contributed by atoms with E-state index in [4.69, 9.17) is 11.6 Å². The van der Waals surface area contributed by atoms with Gasteiger partial charge in [-0.3, -0.25) is 14.1 Å². The number of nitrogens with one attached hydrogen (secondary N) is 1. The lowest BCUT2D eigenvalue weighted by atomic mass is 10.00. The van der Waals surface area contributed by atoms with Crippen molar-refractivity contribution in [2.24, 2.45) is 5.92 Å². The highest BCUT2D eigenvalue weighted by Crippen LogP contribution is 2.29. The second-order valence-electron chi connectivity index (χ2n) is 8.54. The van der Waals surface area contributed by atoms with Crippen LogP contribution in [0, 0.1) is 5.92 Å². The highest BCUT2D eigenvalue weighted by molar-refractivity contribution is 6.30. The molecule has 3 heterocycles. The van der Waals surface area contributed by atoms with Crippen molar-refractivity contribution in [3.63, 3.8) is 0 Å². The predicted molar refractivity (Wildman–Crippen MR) is 129 cm³/mol. The Morgan fingerprint density at radius 1 is 1.09 bits per heavy atom. The zero-order chi connectivity index (χ0) is 23.4. The summed E-state index contributed by atoms with van der Waals surface area (Å²) in [5.41, 5.74) is 4.67. The Labute approximate surface area is 197 Å². The van der Waals surface area contributed by atoms with Crippen LogP contribution < -0.4 is 5.69 Å². The van der Waals surface area contributed by atoms with Crippen molar-refractivity contribution in [2.45, 2.75) is 53.1 Å². The molecule has 0 radical (unpaired) electrons. The highest BCUT2D eigenvalue weighted by atomic mass is 35.5. The van der Waals surface area contributed by atoms with Gasteiger partial charge in [-0.2, -0.15) is 5.21 Å². The first-order valence-corrected chi connectivity index (χ1v) is 11.6. The number of tetrazole rings is 1. The summed E-state index contributed by atoms with van der Waals surface area (Å²) in [4.78, 5) is 17.4. The summed E-state index contributed by atoms with van der Waals surface area (Å²) in [5, 5.41) is 14.9. The van der Waals surface area contributed by atoms with Gasteiger partial charge in [0.25, 0.3) is 0 Å². The number of benzene rings is 1. The number of aromatic amines is 1. The molecule has 1 aromatic carbocycles. The fraction of sp³-hybridized carbons (Fsp3) is 0.375. The molecular formula is C24H28ClN7O. The van der Waals surface area contributed by atoms with Crippen LogP contribution in [0.25, 0.3) is 22.5 Å². The van der Waals surface area contributed by atoms with Crippen LogP contribution >= 0.6 is 11.6 Å². The Kier molecular flexibility index (Phi) is 7.03. The number of hydrogen-bond donors (Lipinski definition) is 1. The first kappa shape index (κ1) is 22.9. The normalized spacial score (nSPS) is 11.4. The molecule has 0 aliphatic rings. The molecule has 0 spiro atoms. The Balaban J connectivity index is 1.63. The largest absolute Gasteiger partial charge is 0.329 e. The zero-order valence-corrected chi connectivity index (χ0v) is 19.9. The number of imidazole rings is 1. The maximum absolute atomic E-state index is 13.2. The summed E-state index contributed by atoms with van der Waals surface area (Å²) in [6.45, 7) is 7.52. The van der Waals surface area contributed by atoms with Crippen LogP contribution in [0.15, 0.2) is 47.5 Å². The standard InChI is InChI=1S/C24H28ClN7O/c1-4-5-21-22(25)31(13-11-16(2)3)24(33)32(21)15-17-6-8-18(9-7-17)19-10-12-26-14-20(19)23-27-29-30-28-23/h6-10,12,14,16H,4-5,11,13,15H2,1-3H3,(H,27,28,29,30). The van der Waals surface area contributed by atoms with Crippen molar-refractivity contribution >= 4 is 11.6 Å². The van der Waals surface area contributed by atoms with Gasteiger partial charge < -0.3 is 0 Å². The molecule has 4 rings (SSSR count). The van der Waals surface area contributed by atoms with Gasteiger partial charge >= 0.3 is 5.69 Å². The summed E-state index contributed by atoms with van der Waals surface area (Å²) < 4.78 is 3.54. The molecule has 0 fully saturated rings. The lowest BCUT2D eigenvalue weighted by Gasteiger charge is -2.10. The third kappa shape index (κ3) is 4.90. The summed E-state index contributed by atoms with van der Waals surface area (Å²) in [6.07, 6.45) is 6.08. The Bertz CT molecular complexity index is 1260. The van der Waals surface area contributed by atoms with E-state index in [1.54, 1.807) is 17.0 Å². The van der Waals surface area contributed by atoms with E-state index in [0.717, 1.165) is 47.2 Å². The summed E-state index contributed by atoms with van der Waals surface area (Å²) >= 11 is 6.65. The summed E-state index contributed by atoms with van der Waals surface area (Å²) in [7, 11) is 0. The SMILES string of the molecule is CCCc1c(Cl)n(CCC(C)C)c(=O)n1Cc1ccc(-c2ccncc2-c2nn[nH]n2)cc1. The molecule has 0 saturated carbocycles. The molecule has 1 N–H and O–H groups in total. The van der Waals surface area contributed by atoms with Crippen LogP contribution in [0.1, 0.15) is 44.9 Å². The molecule has 0 unspecified atom stereocenters. The lowest BCUT2D eigenvalue weighted by Crippen LogP contribution is -2.26. The van der Waals surface area contributed by atoms with Gasteiger partial charge in [0.15, 0.2) is 0 Å². The maximum Gasteiger partial charge on any atom is 0.329 e. The Hall–Kier alpha value is -3.26. The molecule has 0 aliphatic heterocycles. The topological polar surface area (TPSA) is 94.3 Å². The van der Waals surface area contributed by atoms with Crippen LogP contribution in [0.3, 0.4) is 0 Å². The number of nitrogens with zero attached hydrogens (tertiary/aromatic N) is 6. The van der Waals surface area contributed by atoms with Crippen LogP contribution in [-0.2, 0) is 19.5 Å². The molecular weight excluding hydrogens is 438 g/mol. The molecule has 33 heavy (non-hydrogen) atoms. The van der Waals surface area contributed by atoms with E-state index in [1.807, 2.05) is 34.9 Å². The molecule has 9 heteroatoms. The average Bonchev–Trinajstić information content (AvgIpc) is 3.42. The first-order chi connectivity index (χ1) is 16.0. The Morgan fingerprint density at radius 2 is 1.88 bits per heavy atom. The molecule has 0 atom stereocenters. The minimum atomic E-state index is -0.0401. The third-order valence-electron chi connectivity index (χ3n) is 5.69. The lowest BCUT2D eigenvalue weighted by molar-refractivity contribution is 0.503. The van der Waals surface area contributed by atoms with Gasteiger partial charge in [0, 0.05) is 24.5 Å². The number of H-pyrrole nitrogens is 1. The third-order valence-corrected chi connectivity index (χ3v) is 6.11. The molecule has 0 saturated heterocycles. The van der Waals surface area contributed by atoms with E-state index < -0.39 is 0 Å². The minimum absolute atomic E-state index is 0.0401. The van der Waals surface area contributed by atoms with Gasteiger partial charge in [-0.15, -0.1) is 10.2 Å². The van der Waals surface area contributed by atoms with E-state index in [1.165, 1.54) is 0 Å². The average molecular weight is 466 g/mol. The molecule has 172 valence electrons. The van der Waals surface area contributed by atoms with Crippen molar-refractivity contribution < 1.29 is 0 Å². The fourth-order valence-corrected chi connectivity index (χ4v) is 4.26. The number of aromatic nitrogens is 7. The van der Waals surface area contributed by atoms with Crippen molar-refractivity contribution in [3.05, 3.63) is 69.6 Å². The van der Waals surface area contributed by atoms with Gasteiger partial charge in [0.2, 0.25) is 5.82 Å². The summed E-state index contributed by atoms with van der Waals surface area (Å²) in [6, 6.07) is 10.1. The van der Waals surface area contributed by atoms with Gasteiger partial charge in [-0.1, -0.05) is 63.1 Å². The van der Waals surface area contributed by atoms with E-state index in [9.17, 15) is 4.79 Å². The minimum Gasteiger partial charge on any atom is -0.290 e. The quantitative estimate of drug-likeness (QED) is 0.390. The van der Waals surface area contributed by atoms with Crippen LogP contribution in [0.2, 0.25) is 5.15 Å². The molecule has 4 aromatic rings. The number of pyridine rings is 1. The van der Waals surface area contributed by atoms with E-state index in [2.05, 4.69) is 46.4 Å². The molecule has 0 aliphatic carbocycles. The zero-order valence-electron chi connectivity index (χ0n) is 19.1. The second-order valence-corrected chi connectivity index (χ2v) is 8.90. The van der Waals surface area contributed by atoms with Gasteiger partial charge in [0.05, 0.1) is 12.2 Å². The smallest absolute Gasteiger partial charge is 0.290 e. The predicted octanol–water partition coefficient (Wildman–Crippen LogP) is 4.59. The van der Waals surface area contributed by atoms with Gasteiger partial charge in [-0.05, 0) is 46.7 Å². The van der Waals surface area contributed by atoms with Crippen LogP contribution in [0.4, 0.5) is 0 Å². The Morgan fingerprint density at radius 3 is 2.55 bits per heavy atom. The van der Waals surface area contributed by atoms with Crippen LogP contribution in [0.5, 0.6) is 0 Å². The molecule has 0 amide bonds. The molecule has 3 aromatic heterocycles. The van der Waals surface area contributed by atoms with Gasteiger partial charge in [-0.25, -0.2) is 4.79 Å². The monoisotopic (exact) mass is 465 g/mol. The maximum atomic E-state index is 13.2. The first-order valence-electron chi connectivity index (χ1n) is 11.2. The highest BCUT2D eigenvalue weighted by Gasteiger charge is 2.18. The van der Waals surface area contributed by atoms with E-state index >= 15 is 0 Å². The van der Waals surface area contributed by atoms with Crippen LogP contribution in [-0.4, -0.2) is 34.7 Å².